The fourth-order valence-corrected chi connectivity index (χ4v) is 0.967. The number of hydrogen-bond acceptors (Lipinski definition) is 4. The minimum atomic E-state index is -1.29. The number of aromatic nitrogens is 2. The second-order valence-electron chi connectivity index (χ2n) is 2.55. The molecule has 5 nitrogen and oxygen atoms in total. The van der Waals surface area contributed by atoms with E-state index in [-0.39, 0.29) is 6.61 Å². The standard InChI is InChI=1S/C8H12N2O3/c1-3-13-8(12)6(11)7-9-4-5-10(7)2/h4-6,11H,3H2,1-2H3/t6-/m0/s1. The van der Waals surface area contributed by atoms with E-state index in [9.17, 15) is 9.90 Å². The average Bonchev–Trinajstić information content (AvgIpc) is 2.50. The molecule has 0 spiro atoms. The second-order valence-corrected chi connectivity index (χ2v) is 2.55. The summed E-state index contributed by atoms with van der Waals surface area (Å²) in [5.41, 5.74) is 0. The normalized spacial score (nSPS) is 12.5. The Labute approximate surface area is 76.0 Å². The maximum atomic E-state index is 11.1. The Morgan fingerprint density at radius 1 is 1.85 bits per heavy atom. The number of rotatable bonds is 3. The van der Waals surface area contributed by atoms with E-state index in [2.05, 4.69) is 9.72 Å². The molecule has 0 saturated carbocycles. The first-order valence-corrected chi connectivity index (χ1v) is 3.98. The topological polar surface area (TPSA) is 64.3 Å². The number of aliphatic hydroxyl groups is 1. The SMILES string of the molecule is CCOC(=O)[C@@H](O)c1nccn1C. The predicted molar refractivity (Wildman–Crippen MR) is 44.8 cm³/mol. The molecular weight excluding hydrogens is 172 g/mol. The van der Waals surface area contributed by atoms with Crippen molar-refractivity contribution in [2.24, 2.45) is 7.05 Å². The van der Waals surface area contributed by atoms with E-state index in [4.69, 9.17) is 0 Å². The molecule has 0 amide bonds. The fourth-order valence-electron chi connectivity index (χ4n) is 0.967. The highest BCUT2D eigenvalue weighted by molar-refractivity contribution is 5.75. The summed E-state index contributed by atoms with van der Waals surface area (Å²) < 4.78 is 6.21. The molecule has 72 valence electrons. The molecule has 0 unspecified atom stereocenters. The van der Waals surface area contributed by atoms with Crippen LogP contribution >= 0.6 is 0 Å². The van der Waals surface area contributed by atoms with Crippen molar-refractivity contribution in [2.45, 2.75) is 13.0 Å². The highest BCUT2D eigenvalue weighted by atomic mass is 16.5. The summed E-state index contributed by atoms with van der Waals surface area (Å²) in [6.45, 7) is 1.93. The van der Waals surface area contributed by atoms with Gasteiger partial charge in [-0.15, -0.1) is 0 Å². The van der Waals surface area contributed by atoms with Gasteiger partial charge in [0.25, 0.3) is 0 Å². The Morgan fingerprint density at radius 2 is 2.54 bits per heavy atom. The summed E-state index contributed by atoms with van der Waals surface area (Å²) in [5.74, 6) is -0.379. The number of ether oxygens (including phenoxy) is 1. The van der Waals surface area contributed by atoms with Gasteiger partial charge in [0.05, 0.1) is 6.61 Å². The van der Waals surface area contributed by atoms with Crippen LogP contribution in [0.25, 0.3) is 0 Å². The predicted octanol–water partition coefficient (Wildman–Crippen LogP) is 0.0166. The van der Waals surface area contributed by atoms with Crippen LogP contribution in [0.15, 0.2) is 12.4 Å². The molecule has 1 heterocycles. The molecule has 1 rings (SSSR count). The summed E-state index contributed by atoms with van der Waals surface area (Å²) >= 11 is 0. The Hall–Kier alpha value is -1.36. The lowest BCUT2D eigenvalue weighted by Crippen LogP contribution is -2.18. The van der Waals surface area contributed by atoms with E-state index < -0.39 is 12.1 Å². The van der Waals surface area contributed by atoms with Crippen LogP contribution in [0.4, 0.5) is 0 Å². The molecule has 0 radical (unpaired) electrons. The van der Waals surface area contributed by atoms with Gasteiger partial charge in [0.2, 0.25) is 6.10 Å². The lowest BCUT2D eigenvalue weighted by molar-refractivity contribution is -0.153. The highest BCUT2D eigenvalue weighted by Crippen LogP contribution is 2.10. The monoisotopic (exact) mass is 184 g/mol. The van der Waals surface area contributed by atoms with E-state index in [1.165, 1.54) is 6.20 Å². The van der Waals surface area contributed by atoms with E-state index in [0.717, 1.165) is 0 Å². The van der Waals surface area contributed by atoms with Gasteiger partial charge in [0.15, 0.2) is 0 Å². The summed E-state index contributed by atoms with van der Waals surface area (Å²) in [7, 11) is 1.70. The fraction of sp³-hybridized carbons (Fsp3) is 0.500. The van der Waals surface area contributed by atoms with Crippen LogP contribution in [-0.4, -0.2) is 27.2 Å². The third-order valence-electron chi connectivity index (χ3n) is 1.61. The van der Waals surface area contributed by atoms with E-state index in [1.54, 1.807) is 24.7 Å². The number of esters is 1. The summed E-state index contributed by atoms with van der Waals surface area (Å²) in [6.07, 6.45) is 1.87. The maximum Gasteiger partial charge on any atom is 0.342 e. The Bertz CT molecular complexity index is 295. The number of nitrogens with zero attached hydrogens (tertiary/aromatic N) is 2. The van der Waals surface area contributed by atoms with Crippen molar-refractivity contribution in [1.82, 2.24) is 9.55 Å². The number of imidazole rings is 1. The van der Waals surface area contributed by atoms with Gasteiger partial charge >= 0.3 is 5.97 Å². The Kier molecular flexibility index (Phi) is 3.02. The average molecular weight is 184 g/mol. The smallest absolute Gasteiger partial charge is 0.342 e. The lowest BCUT2D eigenvalue weighted by Gasteiger charge is -2.08. The molecule has 0 fully saturated rings. The first-order chi connectivity index (χ1) is 6.16. The van der Waals surface area contributed by atoms with Crippen LogP contribution < -0.4 is 0 Å². The quantitative estimate of drug-likeness (QED) is 0.672. The molecule has 0 saturated heterocycles. The number of aliphatic hydroxyl groups excluding tert-OH is 1. The zero-order chi connectivity index (χ0) is 9.84. The molecular formula is C8H12N2O3. The third kappa shape index (κ3) is 2.06. The van der Waals surface area contributed by atoms with Crippen LogP contribution in [0.3, 0.4) is 0 Å². The molecule has 1 atom stereocenters. The van der Waals surface area contributed by atoms with Gasteiger partial charge < -0.3 is 14.4 Å². The molecule has 1 aromatic rings. The van der Waals surface area contributed by atoms with Crippen LogP contribution in [-0.2, 0) is 16.6 Å². The van der Waals surface area contributed by atoms with Crippen LogP contribution in [0, 0.1) is 0 Å². The first-order valence-electron chi connectivity index (χ1n) is 3.98. The third-order valence-corrected chi connectivity index (χ3v) is 1.61. The number of carbonyl (C=O) groups is 1. The second kappa shape index (κ2) is 4.04. The summed E-state index contributed by atoms with van der Waals surface area (Å²) in [6, 6.07) is 0. The molecule has 0 aliphatic heterocycles. The van der Waals surface area contributed by atoms with Crippen molar-refractivity contribution < 1.29 is 14.6 Å². The molecule has 0 aliphatic rings. The van der Waals surface area contributed by atoms with E-state index in [1.807, 2.05) is 0 Å². The largest absolute Gasteiger partial charge is 0.464 e. The van der Waals surface area contributed by atoms with Crippen molar-refractivity contribution in [3.8, 4) is 0 Å². The zero-order valence-electron chi connectivity index (χ0n) is 7.60. The highest BCUT2D eigenvalue weighted by Gasteiger charge is 2.22. The van der Waals surface area contributed by atoms with Gasteiger partial charge in [-0.3, -0.25) is 0 Å². The molecule has 0 aromatic carbocycles. The number of hydrogen-bond donors (Lipinski definition) is 1. The van der Waals surface area contributed by atoms with E-state index in [0.29, 0.717) is 5.82 Å². The molecule has 0 aliphatic carbocycles. The molecule has 5 heteroatoms. The van der Waals surface area contributed by atoms with Crippen molar-refractivity contribution in [1.29, 1.82) is 0 Å². The Morgan fingerprint density at radius 3 is 3.00 bits per heavy atom. The zero-order valence-corrected chi connectivity index (χ0v) is 7.60. The van der Waals surface area contributed by atoms with Crippen molar-refractivity contribution in [3.05, 3.63) is 18.2 Å². The van der Waals surface area contributed by atoms with Gasteiger partial charge in [-0.1, -0.05) is 0 Å². The van der Waals surface area contributed by atoms with Gasteiger partial charge in [-0.05, 0) is 6.92 Å². The van der Waals surface area contributed by atoms with Crippen LogP contribution in [0.5, 0.6) is 0 Å². The summed E-state index contributed by atoms with van der Waals surface area (Å²) in [4.78, 5) is 14.9. The van der Waals surface area contributed by atoms with Crippen molar-refractivity contribution in [3.63, 3.8) is 0 Å². The van der Waals surface area contributed by atoms with Gasteiger partial charge in [-0.25, -0.2) is 9.78 Å². The number of carbonyl (C=O) groups excluding carboxylic acids is 1. The van der Waals surface area contributed by atoms with Crippen molar-refractivity contribution >= 4 is 5.97 Å². The van der Waals surface area contributed by atoms with Crippen molar-refractivity contribution in [2.75, 3.05) is 6.61 Å². The first kappa shape index (κ1) is 9.73. The van der Waals surface area contributed by atoms with Gasteiger partial charge in [-0.2, -0.15) is 0 Å². The minimum absolute atomic E-state index is 0.250. The maximum absolute atomic E-state index is 11.1. The molecule has 1 aromatic heterocycles. The minimum Gasteiger partial charge on any atom is -0.464 e. The van der Waals surface area contributed by atoms with E-state index >= 15 is 0 Å². The molecule has 0 bridgehead atoms. The Balaban J connectivity index is 2.73. The summed E-state index contributed by atoms with van der Waals surface area (Å²) in [5, 5.41) is 9.43. The van der Waals surface area contributed by atoms with Crippen LogP contribution in [0.1, 0.15) is 18.9 Å². The molecule has 1 N–H and O–H groups in total. The number of aryl methyl sites for hydroxylation is 1. The van der Waals surface area contributed by atoms with Gasteiger partial charge in [0.1, 0.15) is 5.82 Å². The lowest BCUT2D eigenvalue weighted by atomic mass is 10.3. The van der Waals surface area contributed by atoms with Gasteiger partial charge in [0, 0.05) is 19.4 Å². The van der Waals surface area contributed by atoms with Crippen LogP contribution in [0.2, 0.25) is 0 Å². The molecule has 13 heavy (non-hydrogen) atoms.